The summed E-state index contributed by atoms with van der Waals surface area (Å²) in [6, 6.07) is 2.91. The smallest absolute Gasteiger partial charge is 0.282 e. The van der Waals surface area contributed by atoms with Crippen LogP contribution < -0.4 is 4.72 Å². The molecule has 0 aliphatic heterocycles. The molecule has 0 heterocycles. The van der Waals surface area contributed by atoms with Gasteiger partial charge in [0, 0.05) is 11.0 Å². The first-order valence-corrected chi connectivity index (χ1v) is 4.36. The monoisotopic (exact) mass is 223 g/mol. The number of benzene rings is 1. The maximum Gasteiger partial charge on any atom is 0.323 e. The second-order valence-electron chi connectivity index (χ2n) is 2.08. The lowest BCUT2D eigenvalue weighted by Crippen LogP contribution is -2.05. The molecule has 0 atom stereocenters. The van der Waals surface area contributed by atoms with Crippen LogP contribution in [0, 0.1) is 11.6 Å². The fraction of sp³-hybridized carbons (Fsp3) is 0. The summed E-state index contributed by atoms with van der Waals surface area (Å²) in [5, 5.41) is -0.797. The topological polar surface area (TPSA) is 29.1 Å². The van der Waals surface area contributed by atoms with E-state index in [1.54, 1.807) is 0 Å². The van der Waals surface area contributed by atoms with E-state index in [1.807, 2.05) is 0 Å². The van der Waals surface area contributed by atoms with E-state index in [9.17, 15) is 13.6 Å². The number of carbonyl (C=O) groups excluding carboxylic acids is 1. The van der Waals surface area contributed by atoms with Gasteiger partial charge in [0.2, 0.25) is 0 Å². The third kappa shape index (κ3) is 3.61. The van der Waals surface area contributed by atoms with E-state index < -0.39 is 17.0 Å². The highest BCUT2D eigenvalue weighted by Crippen LogP contribution is 2.17. The Labute approximate surface area is 82.4 Å². The first-order valence-electron chi connectivity index (χ1n) is 3.16. The fourth-order valence-electron chi connectivity index (χ4n) is 0.687. The largest absolute Gasteiger partial charge is 0.323 e. The predicted molar refractivity (Wildman–Crippen MR) is 46.6 cm³/mol. The Balaban J connectivity index is 2.71. The van der Waals surface area contributed by atoms with Gasteiger partial charge in [-0.05, 0) is 35.7 Å². The van der Waals surface area contributed by atoms with Crippen molar-refractivity contribution in [2.45, 2.75) is 4.90 Å². The van der Waals surface area contributed by atoms with Crippen LogP contribution in [0.4, 0.5) is 13.6 Å². The Hall–Kier alpha value is -0.810. The van der Waals surface area contributed by atoms with Gasteiger partial charge in [-0.3, -0.25) is 9.52 Å². The molecule has 0 bridgehead atoms. The Morgan fingerprint density at radius 3 is 2.31 bits per heavy atom. The summed E-state index contributed by atoms with van der Waals surface area (Å²) < 4.78 is 27.2. The number of nitrogens with one attached hydrogen (secondary N) is 1. The molecule has 1 rings (SSSR count). The van der Waals surface area contributed by atoms with Crippen LogP contribution in [-0.2, 0) is 0 Å². The molecule has 13 heavy (non-hydrogen) atoms. The van der Waals surface area contributed by atoms with Crippen LogP contribution in [-0.4, -0.2) is 5.37 Å². The van der Waals surface area contributed by atoms with Crippen molar-refractivity contribution in [1.82, 2.24) is 4.72 Å². The van der Waals surface area contributed by atoms with Gasteiger partial charge in [-0.2, -0.15) is 0 Å². The second-order valence-corrected chi connectivity index (χ2v) is 3.31. The molecule has 0 saturated heterocycles. The molecule has 1 aromatic carbocycles. The van der Waals surface area contributed by atoms with Crippen LogP contribution in [0.3, 0.4) is 0 Å². The lowest BCUT2D eigenvalue weighted by molar-refractivity contribution is 0.264. The van der Waals surface area contributed by atoms with Gasteiger partial charge in [-0.1, -0.05) is 0 Å². The maximum atomic E-state index is 12.6. The molecule has 2 nitrogen and oxygen atoms in total. The Morgan fingerprint density at radius 1 is 1.31 bits per heavy atom. The molecular weight excluding hydrogens is 220 g/mol. The zero-order valence-electron chi connectivity index (χ0n) is 6.18. The van der Waals surface area contributed by atoms with Gasteiger partial charge in [0.1, 0.15) is 11.6 Å². The first kappa shape index (κ1) is 10.3. The summed E-state index contributed by atoms with van der Waals surface area (Å²) >= 11 is 5.69. The van der Waals surface area contributed by atoms with E-state index in [1.165, 1.54) is 0 Å². The van der Waals surface area contributed by atoms with Gasteiger partial charge < -0.3 is 0 Å². The van der Waals surface area contributed by atoms with E-state index in [-0.39, 0.29) is 4.90 Å². The number of hydrogen-bond donors (Lipinski definition) is 1. The molecular formula is C7H4ClF2NOS. The van der Waals surface area contributed by atoms with E-state index in [0.717, 1.165) is 30.1 Å². The molecule has 0 fully saturated rings. The lowest BCUT2D eigenvalue weighted by atomic mass is 10.3. The zero-order valence-corrected chi connectivity index (χ0v) is 7.75. The first-order chi connectivity index (χ1) is 6.08. The standard InChI is InChI=1S/C7H4ClF2NOS/c8-7(12)11-13-6-2-4(9)1-5(10)3-6/h1-3H,(H,11,12). The van der Waals surface area contributed by atoms with Crippen LogP contribution in [0.2, 0.25) is 0 Å². The summed E-state index contributed by atoms with van der Waals surface area (Å²) in [7, 11) is 0. The number of carbonyl (C=O) groups is 1. The minimum Gasteiger partial charge on any atom is -0.282 e. The molecule has 6 heteroatoms. The summed E-state index contributed by atoms with van der Waals surface area (Å²) in [6.07, 6.45) is 0. The highest BCUT2D eigenvalue weighted by Gasteiger charge is 2.02. The molecule has 1 N–H and O–H groups in total. The molecule has 0 unspecified atom stereocenters. The fourth-order valence-corrected chi connectivity index (χ4v) is 1.34. The molecule has 0 radical (unpaired) electrons. The average Bonchev–Trinajstić information content (AvgIpc) is 1.99. The van der Waals surface area contributed by atoms with Crippen LogP contribution in [0.5, 0.6) is 0 Å². The summed E-state index contributed by atoms with van der Waals surface area (Å²) in [4.78, 5) is 10.5. The molecule has 1 aromatic rings. The summed E-state index contributed by atoms with van der Waals surface area (Å²) in [5.41, 5.74) is 0. The van der Waals surface area contributed by atoms with Crippen molar-refractivity contribution in [2.75, 3.05) is 0 Å². The highest BCUT2D eigenvalue weighted by molar-refractivity contribution is 7.98. The number of halogens is 3. The summed E-state index contributed by atoms with van der Waals surface area (Å²) in [5.74, 6) is -1.40. The van der Waals surface area contributed by atoms with Gasteiger partial charge in [0.15, 0.2) is 0 Å². The second kappa shape index (κ2) is 4.43. The van der Waals surface area contributed by atoms with E-state index in [2.05, 4.69) is 4.72 Å². The Bertz CT molecular complexity index is 314. The van der Waals surface area contributed by atoms with Crippen molar-refractivity contribution in [3.63, 3.8) is 0 Å². The van der Waals surface area contributed by atoms with Gasteiger partial charge in [0.25, 0.3) is 0 Å². The molecule has 0 aliphatic carbocycles. The molecule has 0 aromatic heterocycles. The third-order valence-corrected chi connectivity index (χ3v) is 2.05. The Kier molecular flexibility index (Phi) is 3.50. The molecule has 0 aliphatic rings. The summed E-state index contributed by atoms with van der Waals surface area (Å²) in [6.45, 7) is 0. The quantitative estimate of drug-likeness (QED) is 0.475. The predicted octanol–water partition coefficient (Wildman–Crippen LogP) is 2.92. The third-order valence-electron chi connectivity index (χ3n) is 1.09. The van der Waals surface area contributed by atoms with Gasteiger partial charge >= 0.3 is 5.37 Å². The van der Waals surface area contributed by atoms with Crippen molar-refractivity contribution in [3.05, 3.63) is 29.8 Å². The van der Waals surface area contributed by atoms with Gasteiger partial charge in [-0.15, -0.1) is 0 Å². The van der Waals surface area contributed by atoms with Crippen molar-refractivity contribution in [3.8, 4) is 0 Å². The number of amides is 1. The van der Waals surface area contributed by atoms with E-state index in [4.69, 9.17) is 11.6 Å². The molecule has 0 spiro atoms. The lowest BCUT2D eigenvalue weighted by Gasteiger charge is -2.00. The van der Waals surface area contributed by atoms with Crippen molar-refractivity contribution < 1.29 is 13.6 Å². The number of hydrogen-bond acceptors (Lipinski definition) is 2. The molecule has 0 saturated carbocycles. The van der Waals surface area contributed by atoms with Crippen molar-refractivity contribution >= 4 is 28.9 Å². The van der Waals surface area contributed by atoms with E-state index >= 15 is 0 Å². The Morgan fingerprint density at radius 2 is 1.85 bits per heavy atom. The maximum absolute atomic E-state index is 12.6. The molecule has 70 valence electrons. The van der Waals surface area contributed by atoms with Crippen molar-refractivity contribution in [2.24, 2.45) is 0 Å². The molecule has 1 amide bonds. The van der Waals surface area contributed by atoms with Crippen molar-refractivity contribution in [1.29, 1.82) is 0 Å². The van der Waals surface area contributed by atoms with Crippen LogP contribution >= 0.6 is 23.5 Å². The van der Waals surface area contributed by atoms with Crippen LogP contribution in [0.15, 0.2) is 23.1 Å². The van der Waals surface area contributed by atoms with E-state index in [0.29, 0.717) is 0 Å². The average molecular weight is 224 g/mol. The highest BCUT2D eigenvalue weighted by atomic mass is 35.5. The number of rotatable bonds is 2. The van der Waals surface area contributed by atoms with Crippen LogP contribution in [0.25, 0.3) is 0 Å². The minimum atomic E-state index is -0.797. The minimum absolute atomic E-state index is 0.242. The van der Waals surface area contributed by atoms with Crippen LogP contribution in [0.1, 0.15) is 0 Å². The zero-order chi connectivity index (χ0) is 9.84. The van der Waals surface area contributed by atoms with Gasteiger partial charge in [-0.25, -0.2) is 8.78 Å². The SMILES string of the molecule is O=C(Cl)NSc1cc(F)cc(F)c1. The normalized spacial score (nSPS) is 9.77. The van der Waals surface area contributed by atoms with Gasteiger partial charge in [0.05, 0.1) is 0 Å².